The molecule has 1 atom stereocenters. The highest BCUT2D eigenvalue weighted by Gasteiger charge is 2.31. The first-order chi connectivity index (χ1) is 8.44. The van der Waals surface area contributed by atoms with Crippen molar-refractivity contribution in [3.63, 3.8) is 0 Å². The number of carbonyl (C=O) groups excluding carboxylic acids is 1. The van der Waals surface area contributed by atoms with Gasteiger partial charge in [-0.3, -0.25) is 4.79 Å². The summed E-state index contributed by atoms with van der Waals surface area (Å²) in [7, 11) is 1.60. The Balaban J connectivity index is 2.41. The summed E-state index contributed by atoms with van der Waals surface area (Å²) in [4.78, 5) is 13.8. The number of likely N-dealkylation sites (tertiary alicyclic amines) is 1. The maximum absolute atomic E-state index is 12.0. The molecule has 0 aromatic heterocycles. The number of ether oxygens (including phenoxy) is 2. The van der Waals surface area contributed by atoms with E-state index in [1.54, 1.807) is 12.0 Å². The minimum atomic E-state index is -0.313. The van der Waals surface area contributed by atoms with Gasteiger partial charge in [0.1, 0.15) is 6.61 Å². The SMILES string of the molecule is COCCOCC(=O)N1CC[C@@H](O)CC(C)(C)C1. The minimum Gasteiger partial charge on any atom is -0.393 e. The molecule has 1 amide bonds. The fourth-order valence-electron chi connectivity index (χ4n) is 2.31. The highest BCUT2D eigenvalue weighted by Crippen LogP contribution is 2.28. The van der Waals surface area contributed by atoms with Gasteiger partial charge in [-0.1, -0.05) is 13.8 Å². The van der Waals surface area contributed by atoms with E-state index in [1.165, 1.54) is 0 Å². The molecule has 0 spiro atoms. The predicted molar refractivity (Wildman–Crippen MR) is 68.3 cm³/mol. The monoisotopic (exact) mass is 259 g/mol. The Hall–Kier alpha value is -0.650. The van der Waals surface area contributed by atoms with Gasteiger partial charge >= 0.3 is 0 Å². The largest absolute Gasteiger partial charge is 0.393 e. The van der Waals surface area contributed by atoms with Crippen LogP contribution in [0.2, 0.25) is 0 Å². The van der Waals surface area contributed by atoms with Gasteiger partial charge in [-0.2, -0.15) is 0 Å². The van der Waals surface area contributed by atoms with Gasteiger partial charge in [0.15, 0.2) is 0 Å². The molecule has 0 saturated carbocycles. The molecule has 5 nitrogen and oxygen atoms in total. The van der Waals surface area contributed by atoms with Crippen molar-refractivity contribution in [3.05, 3.63) is 0 Å². The van der Waals surface area contributed by atoms with Crippen molar-refractivity contribution in [1.82, 2.24) is 4.90 Å². The first kappa shape index (κ1) is 15.4. The summed E-state index contributed by atoms with van der Waals surface area (Å²) in [5, 5.41) is 9.78. The number of aliphatic hydroxyl groups is 1. The smallest absolute Gasteiger partial charge is 0.248 e. The Kier molecular flexibility index (Phi) is 6.05. The van der Waals surface area contributed by atoms with E-state index in [-0.39, 0.29) is 24.0 Å². The van der Waals surface area contributed by atoms with E-state index in [4.69, 9.17) is 9.47 Å². The van der Waals surface area contributed by atoms with Crippen LogP contribution < -0.4 is 0 Å². The van der Waals surface area contributed by atoms with Crippen LogP contribution in [0.1, 0.15) is 26.7 Å². The van der Waals surface area contributed by atoms with Crippen molar-refractivity contribution in [2.24, 2.45) is 5.41 Å². The van der Waals surface area contributed by atoms with Gasteiger partial charge in [-0.25, -0.2) is 0 Å². The maximum atomic E-state index is 12.0. The average molecular weight is 259 g/mol. The molecule has 18 heavy (non-hydrogen) atoms. The van der Waals surface area contributed by atoms with Crippen LogP contribution in [0.15, 0.2) is 0 Å². The van der Waals surface area contributed by atoms with Crippen LogP contribution in [-0.4, -0.2) is 62.0 Å². The number of rotatable bonds is 5. The van der Waals surface area contributed by atoms with E-state index in [2.05, 4.69) is 13.8 Å². The lowest BCUT2D eigenvalue weighted by Gasteiger charge is -2.29. The van der Waals surface area contributed by atoms with Crippen LogP contribution >= 0.6 is 0 Å². The van der Waals surface area contributed by atoms with E-state index in [0.717, 1.165) is 6.42 Å². The molecule has 0 bridgehead atoms. The van der Waals surface area contributed by atoms with Gasteiger partial charge < -0.3 is 19.5 Å². The van der Waals surface area contributed by atoms with Crippen molar-refractivity contribution < 1.29 is 19.4 Å². The van der Waals surface area contributed by atoms with Crippen LogP contribution in [-0.2, 0) is 14.3 Å². The van der Waals surface area contributed by atoms with Gasteiger partial charge in [0.2, 0.25) is 5.91 Å². The molecule has 1 aliphatic rings. The minimum absolute atomic E-state index is 0.00622. The van der Waals surface area contributed by atoms with E-state index >= 15 is 0 Å². The quantitative estimate of drug-likeness (QED) is 0.737. The Morgan fingerprint density at radius 3 is 2.83 bits per heavy atom. The predicted octanol–water partition coefficient (Wildman–Crippen LogP) is 0.659. The third-order valence-corrected chi connectivity index (χ3v) is 3.15. The molecule has 1 aliphatic heterocycles. The first-order valence-corrected chi connectivity index (χ1v) is 6.47. The first-order valence-electron chi connectivity index (χ1n) is 6.47. The van der Waals surface area contributed by atoms with Crippen molar-refractivity contribution >= 4 is 5.91 Å². The van der Waals surface area contributed by atoms with Crippen molar-refractivity contribution in [2.75, 3.05) is 40.0 Å². The highest BCUT2D eigenvalue weighted by molar-refractivity contribution is 5.77. The summed E-state index contributed by atoms with van der Waals surface area (Å²) in [6.07, 6.45) is 1.07. The Bertz CT molecular complexity index is 268. The molecule has 0 unspecified atom stereocenters. The number of amides is 1. The van der Waals surface area contributed by atoms with E-state index in [0.29, 0.717) is 32.7 Å². The number of hydrogen-bond acceptors (Lipinski definition) is 4. The third-order valence-electron chi connectivity index (χ3n) is 3.15. The van der Waals surface area contributed by atoms with Gasteiger partial charge in [0, 0.05) is 20.2 Å². The third kappa shape index (κ3) is 5.33. The normalized spacial score (nSPS) is 23.8. The standard InChI is InChI=1S/C13H25NO4/c1-13(2)8-11(15)4-5-14(10-13)12(16)9-18-7-6-17-3/h11,15H,4-10H2,1-3H3/t11-/m1/s1. The second kappa shape index (κ2) is 7.07. The summed E-state index contributed by atoms with van der Waals surface area (Å²) in [5.74, 6) is -0.00622. The zero-order chi connectivity index (χ0) is 13.6. The Morgan fingerprint density at radius 1 is 1.44 bits per heavy atom. The molecule has 0 aliphatic carbocycles. The fourth-order valence-corrected chi connectivity index (χ4v) is 2.31. The summed E-state index contributed by atoms with van der Waals surface area (Å²) < 4.78 is 10.1. The molecule has 106 valence electrons. The molecule has 1 N–H and O–H groups in total. The second-order valence-corrected chi connectivity index (χ2v) is 5.67. The summed E-state index contributed by atoms with van der Waals surface area (Å²) in [6.45, 7) is 6.46. The number of aliphatic hydroxyl groups excluding tert-OH is 1. The molecule has 1 fully saturated rings. The van der Waals surface area contributed by atoms with Crippen LogP contribution in [0.3, 0.4) is 0 Å². The van der Waals surface area contributed by atoms with Crippen molar-refractivity contribution in [3.8, 4) is 0 Å². The van der Waals surface area contributed by atoms with Crippen molar-refractivity contribution in [1.29, 1.82) is 0 Å². The van der Waals surface area contributed by atoms with Gasteiger partial charge in [0.25, 0.3) is 0 Å². The second-order valence-electron chi connectivity index (χ2n) is 5.67. The number of nitrogens with zero attached hydrogens (tertiary/aromatic N) is 1. The molecule has 1 saturated heterocycles. The molecule has 1 heterocycles. The molecular weight excluding hydrogens is 234 g/mol. The van der Waals surface area contributed by atoms with E-state index in [1.807, 2.05) is 0 Å². The van der Waals surface area contributed by atoms with Crippen LogP contribution in [0, 0.1) is 5.41 Å². The lowest BCUT2D eigenvalue weighted by molar-refractivity contribution is -0.137. The van der Waals surface area contributed by atoms with E-state index in [9.17, 15) is 9.90 Å². The van der Waals surface area contributed by atoms with Crippen molar-refractivity contribution in [2.45, 2.75) is 32.8 Å². The molecule has 0 radical (unpaired) electrons. The highest BCUT2D eigenvalue weighted by atomic mass is 16.5. The van der Waals surface area contributed by atoms with Gasteiger partial charge in [-0.15, -0.1) is 0 Å². The molecule has 0 aromatic carbocycles. The average Bonchev–Trinajstić information content (AvgIpc) is 2.42. The lowest BCUT2D eigenvalue weighted by atomic mass is 9.87. The summed E-state index contributed by atoms with van der Waals surface area (Å²) >= 11 is 0. The van der Waals surface area contributed by atoms with Crippen LogP contribution in [0.25, 0.3) is 0 Å². The van der Waals surface area contributed by atoms with Crippen LogP contribution in [0.5, 0.6) is 0 Å². The fraction of sp³-hybridized carbons (Fsp3) is 0.923. The number of methoxy groups -OCH3 is 1. The Labute approximate surface area is 109 Å². The zero-order valence-electron chi connectivity index (χ0n) is 11.6. The lowest BCUT2D eigenvalue weighted by Crippen LogP contribution is -2.39. The Morgan fingerprint density at radius 2 is 2.17 bits per heavy atom. The topological polar surface area (TPSA) is 59.0 Å². The molecular formula is C13H25NO4. The summed E-state index contributed by atoms with van der Waals surface area (Å²) in [6, 6.07) is 0. The summed E-state index contributed by atoms with van der Waals surface area (Å²) in [5.41, 5.74) is -0.0435. The number of carbonyl (C=O) groups is 1. The molecule has 5 heteroatoms. The maximum Gasteiger partial charge on any atom is 0.248 e. The van der Waals surface area contributed by atoms with E-state index < -0.39 is 0 Å². The molecule has 0 aromatic rings. The zero-order valence-corrected chi connectivity index (χ0v) is 11.6. The number of hydrogen-bond donors (Lipinski definition) is 1. The van der Waals surface area contributed by atoms with Gasteiger partial charge in [0.05, 0.1) is 19.3 Å². The molecule has 1 rings (SSSR count). The van der Waals surface area contributed by atoms with Gasteiger partial charge in [-0.05, 0) is 18.3 Å². The van der Waals surface area contributed by atoms with Crippen LogP contribution in [0.4, 0.5) is 0 Å².